The van der Waals surface area contributed by atoms with Crippen LogP contribution in [0.5, 0.6) is 0 Å². The van der Waals surface area contributed by atoms with Gasteiger partial charge in [0.05, 0.1) is 10.6 Å². The Morgan fingerprint density at radius 2 is 2.04 bits per heavy atom. The number of nitrogens with one attached hydrogen (secondary N) is 2. The summed E-state index contributed by atoms with van der Waals surface area (Å²) in [5, 5.41) is 18.6. The van der Waals surface area contributed by atoms with E-state index in [-0.39, 0.29) is 17.7 Å². The first kappa shape index (κ1) is 18.7. The zero-order valence-corrected chi connectivity index (χ0v) is 16.0. The van der Waals surface area contributed by atoms with Crippen molar-refractivity contribution < 1.29 is 9.59 Å². The topological polar surface area (TPSA) is 102 Å². The Hall–Kier alpha value is -3.07. The van der Waals surface area contributed by atoms with E-state index in [2.05, 4.69) is 26.2 Å². The number of tetrazole rings is 1. The van der Waals surface area contributed by atoms with Crippen molar-refractivity contribution in [1.82, 2.24) is 25.5 Å². The molecule has 0 aliphatic heterocycles. The number of nitrogens with zero attached hydrogens (tertiary/aromatic N) is 4. The molecule has 8 nitrogen and oxygen atoms in total. The molecule has 0 aliphatic carbocycles. The highest BCUT2D eigenvalue weighted by molar-refractivity contribution is 7.12. The lowest BCUT2D eigenvalue weighted by atomic mass is 10.0. The van der Waals surface area contributed by atoms with Gasteiger partial charge in [0.15, 0.2) is 0 Å². The predicted molar refractivity (Wildman–Crippen MR) is 103 cm³/mol. The van der Waals surface area contributed by atoms with Crippen LogP contribution < -0.4 is 10.6 Å². The van der Waals surface area contributed by atoms with Gasteiger partial charge in [0.25, 0.3) is 5.91 Å². The van der Waals surface area contributed by atoms with E-state index in [4.69, 9.17) is 0 Å². The largest absolute Gasteiger partial charge is 0.339 e. The summed E-state index contributed by atoms with van der Waals surface area (Å²) in [5.74, 6) is -0.566. The van der Waals surface area contributed by atoms with E-state index in [0.717, 1.165) is 11.3 Å². The minimum atomic E-state index is -0.640. The molecule has 3 aromatic rings. The second-order valence-electron chi connectivity index (χ2n) is 6.42. The number of thiophene rings is 1. The molecule has 0 spiro atoms. The van der Waals surface area contributed by atoms with Crippen LogP contribution >= 0.6 is 11.3 Å². The van der Waals surface area contributed by atoms with Crippen molar-refractivity contribution in [1.29, 1.82) is 0 Å². The molecule has 2 heterocycles. The third kappa shape index (κ3) is 4.37. The fraction of sp³-hybridized carbons (Fsp3) is 0.278. The van der Waals surface area contributed by atoms with E-state index in [1.54, 1.807) is 22.9 Å². The summed E-state index contributed by atoms with van der Waals surface area (Å²) < 4.78 is 1.55. The van der Waals surface area contributed by atoms with Crippen LogP contribution in [0.15, 0.2) is 42.0 Å². The predicted octanol–water partition coefficient (Wildman–Crippen LogP) is 2.43. The third-order valence-corrected chi connectivity index (χ3v) is 4.91. The lowest BCUT2D eigenvalue weighted by Gasteiger charge is -2.21. The summed E-state index contributed by atoms with van der Waals surface area (Å²) in [6.45, 7) is 5.70. The van der Waals surface area contributed by atoms with Crippen molar-refractivity contribution >= 4 is 28.8 Å². The molecule has 0 bridgehead atoms. The first-order valence-electron chi connectivity index (χ1n) is 8.45. The Balaban J connectivity index is 1.72. The summed E-state index contributed by atoms with van der Waals surface area (Å²) in [5.41, 5.74) is 2.37. The third-order valence-electron chi connectivity index (χ3n) is 4.04. The van der Waals surface area contributed by atoms with Gasteiger partial charge in [-0.1, -0.05) is 19.9 Å². The number of benzene rings is 1. The Labute approximate surface area is 160 Å². The molecule has 0 aliphatic rings. The maximum Gasteiger partial charge on any atom is 0.262 e. The fourth-order valence-corrected chi connectivity index (χ4v) is 3.26. The molecule has 1 unspecified atom stereocenters. The first-order valence-corrected chi connectivity index (χ1v) is 9.33. The first-order chi connectivity index (χ1) is 13.0. The minimum Gasteiger partial charge on any atom is -0.339 e. The zero-order valence-electron chi connectivity index (χ0n) is 15.2. The van der Waals surface area contributed by atoms with Crippen molar-refractivity contribution in [3.63, 3.8) is 0 Å². The number of anilines is 1. The molecule has 1 atom stereocenters. The van der Waals surface area contributed by atoms with Crippen LogP contribution in [0.3, 0.4) is 0 Å². The van der Waals surface area contributed by atoms with Gasteiger partial charge in [-0.05, 0) is 58.5 Å². The van der Waals surface area contributed by atoms with Crippen LogP contribution in [0.1, 0.15) is 29.1 Å². The monoisotopic (exact) mass is 384 g/mol. The van der Waals surface area contributed by atoms with E-state index in [1.807, 2.05) is 38.3 Å². The van der Waals surface area contributed by atoms with E-state index >= 15 is 0 Å². The molecule has 9 heteroatoms. The molecule has 2 aromatic heterocycles. The Morgan fingerprint density at radius 1 is 1.22 bits per heavy atom. The maximum atomic E-state index is 12.7. The van der Waals surface area contributed by atoms with Gasteiger partial charge in [0, 0.05) is 5.69 Å². The average Bonchev–Trinajstić information content (AvgIpc) is 3.32. The van der Waals surface area contributed by atoms with Crippen molar-refractivity contribution in [2.45, 2.75) is 26.8 Å². The number of carbonyl (C=O) groups excluding carboxylic acids is 2. The summed E-state index contributed by atoms with van der Waals surface area (Å²) in [7, 11) is 0. The molecule has 3 rings (SSSR count). The molecule has 27 heavy (non-hydrogen) atoms. The Kier molecular flexibility index (Phi) is 5.60. The molecule has 0 fully saturated rings. The second kappa shape index (κ2) is 8.09. The summed E-state index contributed by atoms with van der Waals surface area (Å²) in [6.07, 6.45) is 1.51. The van der Waals surface area contributed by atoms with Gasteiger partial charge < -0.3 is 10.6 Å². The van der Waals surface area contributed by atoms with Crippen molar-refractivity contribution in [2.24, 2.45) is 5.92 Å². The van der Waals surface area contributed by atoms with Gasteiger partial charge in [0.2, 0.25) is 5.91 Å². The highest BCUT2D eigenvalue weighted by Gasteiger charge is 2.25. The molecule has 2 N–H and O–H groups in total. The highest BCUT2D eigenvalue weighted by Crippen LogP contribution is 2.19. The molecule has 0 saturated carbocycles. The minimum absolute atomic E-state index is 0.0597. The summed E-state index contributed by atoms with van der Waals surface area (Å²) in [4.78, 5) is 25.6. The highest BCUT2D eigenvalue weighted by atomic mass is 32.1. The van der Waals surface area contributed by atoms with E-state index in [0.29, 0.717) is 10.6 Å². The van der Waals surface area contributed by atoms with E-state index in [9.17, 15) is 9.59 Å². The number of aromatic nitrogens is 4. The molecular formula is C18H20N6O2S. The van der Waals surface area contributed by atoms with Crippen molar-refractivity contribution in [3.05, 3.63) is 52.5 Å². The summed E-state index contributed by atoms with van der Waals surface area (Å²) >= 11 is 1.34. The molecular weight excluding hydrogens is 364 g/mol. The maximum absolute atomic E-state index is 12.7. The number of aryl methyl sites for hydroxylation is 1. The number of hydrogen-bond acceptors (Lipinski definition) is 6. The van der Waals surface area contributed by atoms with Crippen LogP contribution in [-0.2, 0) is 4.79 Å². The van der Waals surface area contributed by atoms with Crippen molar-refractivity contribution in [2.75, 3.05) is 5.32 Å². The quantitative estimate of drug-likeness (QED) is 0.680. The lowest BCUT2D eigenvalue weighted by Crippen LogP contribution is -2.46. The standard InChI is InChI=1S/C18H20N6O2S/c1-11(2)16(21-17(25)15-5-4-8-27-15)18(26)20-13-6-7-14(12(3)9-13)24-10-19-22-23-24/h4-11,16H,1-3H3,(H,20,26)(H,21,25). The second-order valence-corrected chi connectivity index (χ2v) is 7.37. The van der Waals surface area contributed by atoms with Crippen molar-refractivity contribution in [3.8, 4) is 5.69 Å². The number of rotatable bonds is 6. The van der Waals surface area contributed by atoms with Crippen LogP contribution in [0.25, 0.3) is 5.69 Å². The smallest absolute Gasteiger partial charge is 0.262 e. The number of hydrogen-bond donors (Lipinski definition) is 2. The number of carbonyl (C=O) groups is 2. The van der Waals surface area contributed by atoms with Gasteiger partial charge in [-0.2, -0.15) is 0 Å². The molecule has 0 saturated heterocycles. The van der Waals surface area contributed by atoms with Crippen LogP contribution in [0, 0.1) is 12.8 Å². The summed E-state index contributed by atoms with van der Waals surface area (Å²) in [6, 6.07) is 8.35. The average molecular weight is 384 g/mol. The van der Waals surface area contributed by atoms with Gasteiger partial charge in [-0.25, -0.2) is 4.68 Å². The lowest BCUT2D eigenvalue weighted by molar-refractivity contribution is -0.118. The fourth-order valence-electron chi connectivity index (χ4n) is 2.64. The van der Waals surface area contributed by atoms with Crippen LogP contribution in [0.2, 0.25) is 0 Å². The Morgan fingerprint density at radius 3 is 2.63 bits per heavy atom. The number of amides is 2. The van der Waals surface area contributed by atoms with Crippen LogP contribution in [0.4, 0.5) is 5.69 Å². The van der Waals surface area contributed by atoms with Gasteiger partial charge in [-0.15, -0.1) is 16.4 Å². The van der Waals surface area contributed by atoms with E-state index in [1.165, 1.54) is 17.7 Å². The van der Waals surface area contributed by atoms with Gasteiger partial charge in [-0.3, -0.25) is 9.59 Å². The molecule has 140 valence electrons. The van der Waals surface area contributed by atoms with Crippen LogP contribution in [-0.4, -0.2) is 38.1 Å². The van der Waals surface area contributed by atoms with Gasteiger partial charge >= 0.3 is 0 Å². The van der Waals surface area contributed by atoms with E-state index < -0.39 is 6.04 Å². The Bertz CT molecular complexity index is 921. The SMILES string of the molecule is Cc1cc(NC(=O)C(NC(=O)c2cccs2)C(C)C)ccc1-n1cnnn1. The molecule has 1 aromatic carbocycles. The zero-order chi connectivity index (χ0) is 19.4. The molecule has 0 radical (unpaired) electrons. The van der Waals surface area contributed by atoms with Gasteiger partial charge in [0.1, 0.15) is 12.4 Å². The molecule has 2 amide bonds. The normalized spacial score (nSPS) is 12.0.